The number of carbonyl (C=O) groups excluding carboxylic acids is 1. The highest BCUT2D eigenvalue weighted by Gasteiger charge is 1.99. The summed E-state index contributed by atoms with van der Waals surface area (Å²) in [6.07, 6.45) is 3.75. The van der Waals surface area contributed by atoms with Crippen LogP contribution in [0.15, 0.2) is 11.5 Å². The van der Waals surface area contributed by atoms with Crippen molar-refractivity contribution in [1.29, 1.82) is 0 Å². The van der Waals surface area contributed by atoms with Crippen LogP contribution in [0.25, 0.3) is 0 Å². The van der Waals surface area contributed by atoms with Crippen LogP contribution in [0.4, 0.5) is 0 Å². The molecule has 0 fully saturated rings. The summed E-state index contributed by atoms with van der Waals surface area (Å²) in [5.41, 5.74) is 2.10. The number of hydrogen-bond acceptors (Lipinski definition) is 5. The number of rotatable bonds is 6. The zero-order valence-electron chi connectivity index (χ0n) is 7.69. The number of nitrogens with one attached hydrogen (secondary N) is 2. The van der Waals surface area contributed by atoms with Gasteiger partial charge >= 0.3 is 0 Å². The summed E-state index contributed by atoms with van der Waals surface area (Å²) >= 11 is 1.59. The Morgan fingerprint density at radius 2 is 2.50 bits per heavy atom. The van der Waals surface area contributed by atoms with Gasteiger partial charge < -0.3 is 0 Å². The molecular formula is C7H13N5OS. The summed E-state index contributed by atoms with van der Waals surface area (Å²) in [7, 11) is 0. The van der Waals surface area contributed by atoms with Crippen LogP contribution in [0.5, 0.6) is 0 Å². The van der Waals surface area contributed by atoms with E-state index in [0.717, 1.165) is 23.8 Å². The van der Waals surface area contributed by atoms with E-state index in [1.807, 2.05) is 0 Å². The molecule has 1 aromatic rings. The van der Waals surface area contributed by atoms with Crippen LogP contribution >= 0.6 is 11.8 Å². The monoisotopic (exact) mass is 215 g/mol. The Bertz CT molecular complexity index is 263. The first-order chi connectivity index (χ1) is 6.83. The number of nitrogens with zero attached hydrogens (tertiary/aromatic N) is 2. The number of nitrogens with two attached hydrogens (primary N) is 1. The maximum Gasteiger partial charge on any atom is 0.233 e. The topological polar surface area (TPSA) is 96.7 Å². The fourth-order valence-electron chi connectivity index (χ4n) is 0.892. The smallest absolute Gasteiger partial charge is 0.233 e. The average molecular weight is 215 g/mol. The largest absolute Gasteiger partial charge is 0.294 e. The van der Waals surface area contributed by atoms with E-state index in [-0.39, 0.29) is 5.91 Å². The van der Waals surface area contributed by atoms with Crippen molar-refractivity contribution >= 4 is 17.7 Å². The Labute approximate surface area is 86.0 Å². The molecule has 0 bridgehead atoms. The number of hydrogen-bond donors (Lipinski definition) is 3. The van der Waals surface area contributed by atoms with Crippen LogP contribution in [0.2, 0.25) is 0 Å². The Kier molecular flexibility index (Phi) is 5.02. The predicted molar refractivity (Wildman–Crippen MR) is 53.3 cm³/mol. The third kappa shape index (κ3) is 4.24. The van der Waals surface area contributed by atoms with Gasteiger partial charge in [-0.05, 0) is 12.8 Å². The molecule has 1 amide bonds. The Hall–Kier alpha value is -1.08. The first-order valence-electron chi connectivity index (χ1n) is 4.30. The number of aromatic nitrogens is 3. The fourth-order valence-corrected chi connectivity index (χ4v) is 1.67. The molecule has 0 atom stereocenters. The standard InChI is InChI=1S/C7H13N5OS/c8-11-6(13)3-1-2-4-14-7-9-5-10-12-7/h5H,1-4,8H2,(H,11,13)(H,9,10,12). The predicted octanol–water partition coefficient (Wildman–Crippen LogP) is 0.0570. The van der Waals surface area contributed by atoms with Crippen LogP contribution in [-0.4, -0.2) is 26.8 Å². The van der Waals surface area contributed by atoms with E-state index in [2.05, 4.69) is 20.6 Å². The molecule has 1 heterocycles. The first-order valence-corrected chi connectivity index (χ1v) is 5.29. The molecule has 0 saturated carbocycles. The fraction of sp³-hybridized carbons (Fsp3) is 0.571. The number of aromatic amines is 1. The van der Waals surface area contributed by atoms with E-state index in [0.29, 0.717) is 6.42 Å². The number of hydrazine groups is 1. The third-order valence-electron chi connectivity index (χ3n) is 1.59. The highest BCUT2D eigenvalue weighted by Crippen LogP contribution is 2.13. The van der Waals surface area contributed by atoms with Crippen molar-refractivity contribution in [3.63, 3.8) is 0 Å². The van der Waals surface area contributed by atoms with E-state index in [1.165, 1.54) is 6.33 Å². The minimum absolute atomic E-state index is 0.116. The quantitative estimate of drug-likeness (QED) is 0.205. The minimum atomic E-state index is -0.116. The zero-order valence-corrected chi connectivity index (χ0v) is 8.51. The van der Waals surface area contributed by atoms with Crippen LogP contribution in [0.3, 0.4) is 0 Å². The van der Waals surface area contributed by atoms with Gasteiger partial charge in [0.1, 0.15) is 6.33 Å². The summed E-state index contributed by atoms with van der Waals surface area (Å²) < 4.78 is 0. The van der Waals surface area contributed by atoms with Crippen LogP contribution in [0, 0.1) is 0 Å². The second-order valence-corrected chi connectivity index (χ2v) is 3.75. The normalized spacial score (nSPS) is 10.1. The minimum Gasteiger partial charge on any atom is -0.294 e. The van der Waals surface area contributed by atoms with Gasteiger partial charge in [-0.2, -0.15) is 5.10 Å². The lowest BCUT2D eigenvalue weighted by molar-refractivity contribution is -0.121. The lowest BCUT2D eigenvalue weighted by Gasteiger charge is -1.98. The van der Waals surface area contributed by atoms with Gasteiger partial charge in [0.05, 0.1) is 0 Å². The Morgan fingerprint density at radius 1 is 1.64 bits per heavy atom. The van der Waals surface area contributed by atoms with E-state index in [9.17, 15) is 4.79 Å². The Balaban J connectivity index is 1.97. The highest BCUT2D eigenvalue weighted by atomic mass is 32.2. The molecule has 0 aromatic carbocycles. The van der Waals surface area contributed by atoms with Gasteiger partial charge in [0.2, 0.25) is 5.91 Å². The van der Waals surface area contributed by atoms with E-state index < -0.39 is 0 Å². The van der Waals surface area contributed by atoms with Gasteiger partial charge in [0.15, 0.2) is 5.16 Å². The highest BCUT2D eigenvalue weighted by molar-refractivity contribution is 7.99. The molecule has 0 unspecified atom stereocenters. The van der Waals surface area contributed by atoms with E-state index in [4.69, 9.17) is 5.84 Å². The number of unbranched alkanes of at least 4 members (excludes halogenated alkanes) is 1. The molecule has 78 valence electrons. The molecule has 4 N–H and O–H groups in total. The van der Waals surface area contributed by atoms with E-state index in [1.54, 1.807) is 11.8 Å². The van der Waals surface area contributed by atoms with Crippen LogP contribution < -0.4 is 11.3 Å². The molecule has 0 aliphatic heterocycles. The van der Waals surface area contributed by atoms with Gasteiger partial charge in [0.25, 0.3) is 0 Å². The second-order valence-electron chi connectivity index (χ2n) is 2.66. The number of thioether (sulfide) groups is 1. The number of amides is 1. The lowest BCUT2D eigenvalue weighted by Crippen LogP contribution is -2.29. The van der Waals surface area contributed by atoms with Gasteiger partial charge in [-0.15, -0.1) is 0 Å². The summed E-state index contributed by atoms with van der Waals surface area (Å²) in [5.74, 6) is 5.74. The molecule has 0 aliphatic rings. The molecule has 7 heteroatoms. The van der Waals surface area contributed by atoms with Crippen LogP contribution in [0.1, 0.15) is 19.3 Å². The van der Waals surface area contributed by atoms with Crippen molar-refractivity contribution < 1.29 is 4.79 Å². The molecule has 0 saturated heterocycles. The molecule has 0 spiro atoms. The molecule has 0 radical (unpaired) electrons. The molecular weight excluding hydrogens is 202 g/mol. The molecule has 0 aliphatic carbocycles. The molecule has 6 nitrogen and oxygen atoms in total. The lowest BCUT2D eigenvalue weighted by atomic mass is 10.2. The van der Waals surface area contributed by atoms with Gasteiger partial charge in [-0.1, -0.05) is 11.8 Å². The second kappa shape index (κ2) is 6.39. The van der Waals surface area contributed by atoms with Gasteiger partial charge in [0, 0.05) is 12.2 Å². The number of H-pyrrole nitrogens is 1. The maximum atomic E-state index is 10.7. The third-order valence-corrected chi connectivity index (χ3v) is 2.55. The van der Waals surface area contributed by atoms with Crippen molar-refractivity contribution in [2.45, 2.75) is 24.4 Å². The van der Waals surface area contributed by atoms with Crippen molar-refractivity contribution in [2.24, 2.45) is 5.84 Å². The summed E-state index contributed by atoms with van der Waals surface area (Å²) in [5, 5.41) is 7.29. The SMILES string of the molecule is NNC(=O)CCCCSc1ncn[nH]1. The van der Waals surface area contributed by atoms with Crippen molar-refractivity contribution in [3.8, 4) is 0 Å². The van der Waals surface area contributed by atoms with Gasteiger partial charge in [-0.3, -0.25) is 15.3 Å². The maximum absolute atomic E-state index is 10.7. The zero-order chi connectivity index (χ0) is 10.2. The first kappa shape index (κ1) is 11.0. The Morgan fingerprint density at radius 3 is 3.14 bits per heavy atom. The van der Waals surface area contributed by atoms with Crippen molar-refractivity contribution in [3.05, 3.63) is 6.33 Å². The van der Waals surface area contributed by atoms with Crippen molar-refractivity contribution in [1.82, 2.24) is 20.6 Å². The average Bonchev–Trinajstić information content (AvgIpc) is 2.69. The molecule has 14 heavy (non-hydrogen) atoms. The summed E-state index contributed by atoms with van der Waals surface area (Å²) in [4.78, 5) is 14.7. The summed E-state index contributed by atoms with van der Waals surface area (Å²) in [6.45, 7) is 0. The van der Waals surface area contributed by atoms with Crippen molar-refractivity contribution in [2.75, 3.05) is 5.75 Å². The molecule has 1 aromatic heterocycles. The van der Waals surface area contributed by atoms with Gasteiger partial charge in [-0.25, -0.2) is 10.8 Å². The van der Waals surface area contributed by atoms with Crippen LogP contribution in [-0.2, 0) is 4.79 Å². The summed E-state index contributed by atoms with van der Waals surface area (Å²) in [6, 6.07) is 0. The molecule has 1 rings (SSSR count). The van der Waals surface area contributed by atoms with E-state index >= 15 is 0 Å². The number of carbonyl (C=O) groups is 1.